The molecule has 0 spiro atoms. The summed E-state index contributed by atoms with van der Waals surface area (Å²) in [6, 6.07) is 0. The van der Waals surface area contributed by atoms with Crippen molar-refractivity contribution in [1.29, 1.82) is 0 Å². The molecule has 12 heavy (non-hydrogen) atoms. The topological polar surface area (TPSA) is 54.4 Å². The summed E-state index contributed by atoms with van der Waals surface area (Å²) in [4.78, 5) is 20.7. The molecule has 0 saturated carbocycles. The minimum absolute atomic E-state index is 0.00230. The number of hydrogen-bond donors (Lipinski definition) is 1. The summed E-state index contributed by atoms with van der Waals surface area (Å²) in [7, 11) is 0. The van der Waals surface area contributed by atoms with Crippen LogP contribution in [-0.2, 0) is 9.59 Å². The van der Waals surface area contributed by atoms with Gasteiger partial charge in [0.1, 0.15) is 11.3 Å². The largest absolute Gasteiger partial charge is 0.478 e. The van der Waals surface area contributed by atoms with Crippen LogP contribution in [0.25, 0.3) is 0 Å². The van der Waals surface area contributed by atoms with E-state index in [4.69, 9.17) is 16.7 Å². The van der Waals surface area contributed by atoms with Gasteiger partial charge in [-0.15, -0.1) is 11.6 Å². The molecule has 0 fully saturated rings. The first kappa shape index (κ1) is 8.78. The second kappa shape index (κ2) is 3.39. The number of aliphatic carboxylic acids is 1. The summed E-state index contributed by atoms with van der Waals surface area (Å²) < 4.78 is 0. The first-order valence-electron chi connectivity index (χ1n) is 3.17. The Bertz CT molecular complexity index is 321. The van der Waals surface area contributed by atoms with Gasteiger partial charge in [0.2, 0.25) is 0 Å². The number of allylic oxidation sites excluding steroid dienone is 4. The minimum Gasteiger partial charge on any atom is -0.478 e. The van der Waals surface area contributed by atoms with Crippen LogP contribution in [-0.4, -0.2) is 22.4 Å². The number of carboxylic acids is 1. The van der Waals surface area contributed by atoms with Crippen molar-refractivity contribution in [3.8, 4) is 0 Å². The highest BCUT2D eigenvalue weighted by Gasteiger charge is 2.23. The van der Waals surface area contributed by atoms with E-state index in [0.29, 0.717) is 0 Å². The summed E-state index contributed by atoms with van der Waals surface area (Å²) in [6.45, 7) is 0. The van der Waals surface area contributed by atoms with Crippen LogP contribution in [0.3, 0.4) is 0 Å². The fraction of sp³-hybridized carbons (Fsp3) is 0.125. The van der Waals surface area contributed by atoms with Gasteiger partial charge in [-0.1, -0.05) is 6.08 Å². The molecule has 1 unspecified atom stereocenters. The Labute approximate surface area is 73.6 Å². The van der Waals surface area contributed by atoms with E-state index < -0.39 is 11.3 Å². The van der Waals surface area contributed by atoms with Crippen molar-refractivity contribution >= 4 is 23.5 Å². The fourth-order valence-electron chi connectivity index (χ4n) is 0.857. The second-order valence-electron chi connectivity index (χ2n) is 2.21. The van der Waals surface area contributed by atoms with Gasteiger partial charge in [0.25, 0.3) is 0 Å². The maximum atomic E-state index is 10.5. The van der Waals surface area contributed by atoms with Crippen LogP contribution in [0.5, 0.6) is 0 Å². The number of rotatable bonds is 1. The first-order chi connectivity index (χ1) is 5.66. The smallest absolute Gasteiger partial charge is 0.333 e. The van der Waals surface area contributed by atoms with Crippen LogP contribution in [0.4, 0.5) is 0 Å². The van der Waals surface area contributed by atoms with Crippen LogP contribution in [0.1, 0.15) is 0 Å². The lowest BCUT2D eigenvalue weighted by Crippen LogP contribution is -2.16. The highest BCUT2D eigenvalue weighted by molar-refractivity contribution is 6.28. The average molecular weight is 185 g/mol. The molecule has 0 heterocycles. The molecule has 1 aliphatic carbocycles. The van der Waals surface area contributed by atoms with E-state index in [-0.39, 0.29) is 11.1 Å². The van der Waals surface area contributed by atoms with Crippen molar-refractivity contribution in [3.05, 3.63) is 29.4 Å². The van der Waals surface area contributed by atoms with Gasteiger partial charge in [0.05, 0.1) is 11.1 Å². The number of carboxylic acid groups (broad SMARTS) is 1. The Balaban J connectivity index is 3.06. The van der Waals surface area contributed by atoms with Gasteiger partial charge in [-0.25, -0.2) is 9.59 Å². The number of carbonyl (C=O) groups is 1. The highest BCUT2D eigenvalue weighted by Crippen LogP contribution is 2.22. The van der Waals surface area contributed by atoms with Crippen LogP contribution >= 0.6 is 11.6 Å². The third-order valence-corrected chi connectivity index (χ3v) is 1.93. The fourth-order valence-corrected chi connectivity index (χ4v) is 1.14. The molecular formula is C8H5ClO3. The van der Waals surface area contributed by atoms with Gasteiger partial charge in [0.15, 0.2) is 0 Å². The zero-order valence-corrected chi connectivity index (χ0v) is 6.71. The zero-order chi connectivity index (χ0) is 9.14. The van der Waals surface area contributed by atoms with Gasteiger partial charge in [-0.2, -0.15) is 0 Å². The Morgan fingerprint density at radius 2 is 2.33 bits per heavy atom. The summed E-state index contributed by atoms with van der Waals surface area (Å²) in [5.41, 5.74) is 0.147. The third kappa shape index (κ3) is 1.47. The normalized spacial score (nSPS) is 21.6. The summed E-state index contributed by atoms with van der Waals surface area (Å²) in [5.74, 6) is 0.464. The van der Waals surface area contributed by atoms with Crippen LogP contribution in [0, 0.1) is 0 Å². The van der Waals surface area contributed by atoms with Gasteiger partial charge < -0.3 is 5.11 Å². The lowest BCUT2D eigenvalue weighted by Gasteiger charge is -2.11. The molecule has 1 atom stereocenters. The number of halogens is 1. The summed E-state index contributed by atoms with van der Waals surface area (Å²) >= 11 is 5.64. The Kier molecular flexibility index (Phi) is 2.48. The van der Waals surface area contributed by atoms with E-state index in [9.17, 15) is 9.59 Å². The Hall–Kier alpha value is -1.31. The third-order valence-electron chi connectivity index (χ3n) is 1.46. The zero-order valence-electron chi connectivity index (χ0n) is 5.95. The van der Waals surface area contributed by atoms with E-state index in [1.165, 1.54) is 18.2 Å². The van der Waals surface area contributed by atoms with Crippen molar-refractivity contribution in [2.45, 2.75) is 5.38 Å². The number of hydrogen-bond acceptors (Lipinski definition) is 2. The lowest BCUT2D eigenvalue weighted by atomic mass is 10.0. The molecule has 0 aliphatic heterocycles. The van der Waals surface area contributed by atoms with Crippen molar-refractivity contribution in [2.24, 2.45) is 0 Å². The molecule has 0 saturated heterocycles. The van der Waals surface area contributed by atoms with Crippen molar-refractivity contribution in [2.75, 3.05) is 0 Å². The Morgan fingerprint density at radius 3 is 2.83 bits per heavy atom. The highest BCUT2D eigenvalue weighted by atomic mass is 35.5. The van der Waals surface area contributed by atoms with E-state index in [1.54, 1.807) is 5.94 Å². The predicted molar refractivity (Wildman–Crippen MR) is 43.7 cm³/mol. The molecule has 0 aromatic carbocycles. The molecule has 0 aromatic rings. The van der Waals surface area contributed by atoms with E-state index in [2.05, 4.69) is 0 Å². The monoisotopic (exact) mass is 184 g/mol. The predicted octanol–water partition coefficient (Wildman–Crippen LogP) is 0.933. The maximum Gasteiger partial charge on any atom is 0.333 e. The molecule has 4 heteroatoms. The SMILES string of the molecule is O=C=C1C=CC=C(C(=O)O)C1Cl. The maximum absolute atomic E-state index is 10.5. The standard InChI is InChI=1S/C8H5ClO3/c9-7-5(4-10)2-1-3-6(7)8(11)12/h1-3,7H,(H,11,12). The molecule has 0 bridgehead atoms. The molecule has 0 radical (unpaired) electrons. The molecule has 1 aliphatic rings. The molecule has 62 valence electrons. The van der Waals surface area contributed by atoms with Crippen LogP contribution in [0.15, 0.2) is 29.4 Å². The van der Waals surface area contributed by atoms with Crippen LogP contribution < -0.4 is 0 Å². The molecule has 0 amide bonds. The summed E-state index contributed by atoms with van der Waals surface area (Å²) in [5, 5.41) is 7.71. The van der Waals surface area contributed by atoms with Gasteiger partial charge >= 0.3 is 5.97 Å². The van der Waals surface area contributed by atoms with E-state index >= 15 is 0 Å². The van der Waals surface area contributed by atoms with Gasteiger partial charge in [0, 0.05) is 0 Å². The quantitative estimate of drug-likeness (QED) is 0.487. The molecular weight excluding hydrogens is 180 g/mol. The first-order valence-corrected chi connectivity index (χ1v) is 3.61. The van der Waals surface area contributed by atoms with Crippen molar-refractivity contribution < 1.29 is 14.7 Å². The molecule has 1 rings (SSSR count). The summed E-state index contributed by atoms with van der Waals surface area (Å²) in [6.07, 6.45) is 4.26. The lowest BCUT2D eigenvalue weighted by molar-refractivity contribution is -0.132. The Morgan fingerprint density at radius 1 is 1.67 bits per heavy atom. The van der Waals surface area contributed by atoms with E-state index in [0.717, 1.165) is 0 Å². The van der Waals surface area contributed by atoms with Crippen molar-refractivity contribution in [3.63, 3.8) is 0 Å². The number of alkyl halides is 1. The van der Waals surface area contributed by atoms with E-state index in [1.807, 2.05) is 0 Å². The van der Waals surface area contributed by atoms with Gasteiger partial charge in [-0.3, -0.25) is 0 Å². The average Bonchev–Trinajstić information content (AvgIpc) is 2.04. The molecule has 0 aromatic heterocycles. The molecule has 1 N–H and O–H groups in total. The molecule has 3 nitrogen and oxygen atoms in total. The minimum atomic E-state index is -1.12. The van der Waals surface area contributed by atoms with Gasteiger partial charge in [-0.05, 0) is 12.2 Å². The second-order valence-corrected chi connectivity index (χ2v) is 2.64. The van der Waals surface area contributed by atoms with Crippen LogP contribution in [0.2, 0.25) is 0 Å². The number of carbonyl (C=O) groups excluding carboxylic acids is 1. The van der Waals surface area contributed by atoms with Crippen molar-refractivity contribution in [1.82, 2.24) is 0 Å².